The summed E-state index contributed by atoms with van der Waals surface area (Å²) in [5.74, 6) is -1.14. The summed E-state index contributed by atoms with van der Waals surface area (Å²) in [6, 6.07) is 13.9. The second kappa shape index (κ2) is 8.81. The number of rotatable bonds is 7. The number of esters is 1. The summed E-state index contributed by atoms with van der Waals surface area (Å²) in [6.07, 6.45) is 0.743. The Bertz CT molecular complexity index is 923. The lowest BCUT2D eigenvalue weighted by Gasteiger charge is -2.15. The monoisotopic (exact) mass is 389 g/mol. The van der Waals surface area contributed by atoms with Crippen molar-refractivity contribution in [3.63, 3.8) is 0 Å². The summed E-state index contributed by atoms with van der Waals surface area (Å²) < 4.78 is 28.5. The van der Waals surface area contributed by atoms with Gasteiger partial charge in [-0.15, -0.1) is 0 Å². The third-order valence-electron chi connectivity index (χ3n) is 4.07. The number of hydrogen-bond donors (Lipinski definition) is 1. The van der Waals surface area contributed by atoms with E-state index in [2.05, 4.69) is 5.32 Å². The minimum Gasteiger partial charge on any atom is -0.449 e. The maximum Gasteiger partial charge on any atom is 0.339 e. The summed E-state index contributed by atoms with van der Waals surface area (Å²) in [5, 5.41) is 2.73. The topological polar surface area (TPSA) is 89.5 Å². The van der Waals surface area contributed by atoms with Gasteiger partial charge in [-0.05, 0) is 43.5 Å². The van der Waals surface area contributed by atoms with Crippen LogP contribution < -0.4 is 5.32 Å². The molecule has 6 nitrogen and oxygen atoms in total. The lowest BCUT2D eigenvalue weighted by atomic mass is 10.1. The fourth-order valence-electron chi connectivity index (χ4n) is 2.45. The molecule has 0 saturated carbocycles. The first-order chi connectivity index (χ1) is 12.7. The summed E-state index contributed by atoms with van der Waals surface area (Å²) in [5.41, 5.74) is 1.79. The molecule has 0 aromatic heterocycles. The Hall–Kier alpha value is -2.67. The zero-order valence-corrected chi connectivity index (χ0v) is 16.4. The van der Waals surface area contributed by atoms with Crippen LogP contribution in [0.4, 0.5) is 0 Å². The van der Waals surface area contributed by atoms with Crippen molar-refractivity contribution in [1.82, 2.24) is 5.32 Å². The van der Waals surface area contributed by atoms with Gasteiger partial charge in [0.2, 0.25) is 0 Å². The number of benzene rings is 2. The van der Waals surface area contributed by atoms with Crippen LogP contribution in [0.3, 0.4) is 0 Å². The number of carbonyl (C=O) groups is 2. The largest absolute Gasteiger partial charge is 0.449 e. The van der Waals surface area contributed by atoms with E-state index < -0.39 is 27.8 Å². The Labute approximate surface area is 159 Å². The Kier molecular flexibility index (Phi) is 6.74. The Morgan fingerprint density at radius 1 is 1.11 bits per heavy atom. The second-order valence-electron chi connectivity index (χ2n) is 6.32. The van der Waals surface area contributed by atoms with E-state index in [0.29, 0.717) is 18.5 Å². The first kappa shape index (κ1) is 20.6. The van der Waals surface area contributed by atoms with Crippen LogP contribution in [-0.2, 0) is 25.8 Å². The molecule has 1 amide bonds. The summed E-state index contributed by atoms with van der Waals surface area (Å²) in [4.78, 5) is 24.5. The van der Waals surface area contributed by atoms with Crippen LogP contribution in [0.25, 0.3) is 0 Å². The standard InChI is InChI=1S/C20H23NO5S/c1-14-9-10-17(27(3,24)25)13-18(14)20(23)26-15(2)19(22)21-12-11-16-7-5-4-6-8-16/h4-10,13,15H,11-12H2,1-3H3,(H,21,22). The van der Waals surface area contributed by atoms with Crippen molar-refractivity contribution in [2.75, 3.05) is 12.8 Å². The van der Waals surface area contributed by atoms with Crippen molar-refractivity contribution in [3.05, 3.63) is 65.2 Å². The predicted octanol–water partition coefficient (Wildman–Crippen LogP) is 2.30. The minimum absolute atomic E-state index is 0.0278. The lowest BCUT2D eigenvalue weighted by Crippen LogP contribution is -2.37. The van der Waals surface area contributed by atoms with Crippen LogP contribution in [0.2, 0.25) is 0 Å². The molecule has 2 rings (SSSR count). The van der Waals surface area contributed by atoms with Gasteiger partial charge in [-0.25, -0.2) is 13.2 Å². The summed E-state index contributed by atoms with van der Waals surface area (Å²) in [7, 11) is -3.45. The lowest BCUT2D eigenvalue weighted by molar-refractivity contribution is -0.129. The van der Waals surface area contributed by atoms with Gasteiger partial charge in [0, 0.05) is 12.8 Å². The van der Waals surface area contributed by atoms with Crippen LogP contribution in [0.1, 0.15) is 28.4 Å². The zero-order valence-electron chi connectivity index (χ0n) is 15.6. The Balaban J connectivity index is 1.95. The molecule has 1 unspecified atom stereocenters. The number of ether oxygens (including phenoxy) is 1. The van der Waals surface area contributed by atoms with Gasteiger partial charge < -0.3 is 10.1 Å². The number of amides is 1. The van der Waals surface area contributed by atoms with Crippen molar-refractivity contribution in [3.8, 4) is 0 Å². The van der Waals surface area contributed by atoms with E-state index >= 15 is 0 Å². The third-order valence-corrected chi connectivity index (χ3v) is 5.18. The molecule has 1 atom stereocenters. The Morgan fingerprint density at radius 3 is 2.41 bits per heavy atom. The van der Waals surface area contributed by atoms with Crippen molar-refractivity contribution >= 4 is 21.7 Å². The molecular formula is C20H23NO5S. The van der Waals surface area contributed by atoms with Crippen LogP contribution in [0.15, 0.2) is 53.4 Å². The molecule has 0 saturated heterocycles. The molecule has 0 spiro atoms. The molecule has 27 heavy (non-hydrogen) atoms. The van der Waals surface area contributed by atoms with Gasteiger partial charge in [0.1, 0.15) is 0 Å². The maximum absolute atomic E-state index is 12.4. The number of nitrogens with one attached hydrogen (secondary N) is 1. The molecular weight excluding hydrogens is 366 g/mol. The molecule has 1 N–H and O–H groups in total. The maximum atomic E-state index is 12.4. The van der Waals surface area contributed by atoms with Crippen molar-refractivity contribution in [2.45, 2.75) is 31.3 Å². The molecule has 0 aliphatic heterocycles. The molecule has 2 aromatic carbocycles. The SMILES string of the molecule is Cc1ccc(S(C)(=O)=O)cc1C(=O)OC(C)C(=O)NCCc1ccccc1. The summed E-state index contributed by atoms with van der Waals surface area (Å²) in [6.45, 7) is 3.58. The highest BCUT2D eigenvalue weighted by Gasteiger charge is 2.21. The van der Waals surface area contributed by atoms with Gasteiger partial charge in [-0.3, -0.25) is 4.79 Å². The van der Waals surface area contributed by atoms with E-state index in [0.717, 1.165) is 11.8 Å². The van der Waals surface area contributed by atoms with E-state index in [-0.39, 0.29) is 10.5 Å². The van der Waals surface area contributed by atoms with Crippen LogP contribution in [0.5, 0.6) is 0 Å². The number of hydrogen-bond acceptors (Lipinski definition) is 5. The third kappa shape index (κ3) is 5.92. The number of carbonyl (C=O) groups excluding carboxylic acids is 2. The van der Waals surface area contributed by atoms with Gasteiger partial charge in [0.15, 0.2) is 15.9 Å². The number of sulfone groups is 1. The van der Waals surface area contributed by atoms with Crippen LogP contribution >= 0.6 is 0 Å². The van der Waals surface area contributed by atoms with Crippen molar-refractivity contribution in [2.24, 2.45) is 0 Å². The molecule has 0 fully saturated rings. The fraction of sp³-hybridized carbons (Fsp3) is 0.300. The highest BCUT2D eigenvalue weighted by Crippen LogP contribution is 2.17. The average Bonchev–Trinajstić information content (AvgIpc) is 2.61. The molecule has 2 aromatic rings. The quantitative estimate of drug-likeness (QED) is 0.734. The minimum atomic E-state index is -3.45. The van der Waals surface area contributed by atoms with Gasteiger partial charge in [-0.1, -0.05) is 36.4 Å². The highest BCUT2D eigenvalue weighted by atomic mass is 32.2. The van der Waals surface area contributed by atoms with E-state index in [1.807, 2.05) is 30.3 Å². The molecule has 0 aliphatic carbocycles. The number of aryl methyl sites for hydroxylation is 1. The van der Waals surface area contributed by atoms with Gasteiger partial charge >= 0.3 is 5.97 Å². The zero-order chi connectivity index (χ0) is 20.0. The van der Waals surface area contributed by atoms with Gasteiger partial charge in [-0.2, -0.15) is 0 Å². The highest BCUT2D eigenvalue weighted by molar-refractivity contribution is 7.90. The van der Waals surface area contributed by atoms with E-state index in [1.165, 1.54) is 25.1 Å². The first-order valence-electron chi connectivity index (χ1n) is 8.52. The molecule has 7 heteroatoms. The van der Waals surface area contributed by atoms with E-state index in [1.54, 1.807) is 6.92 Å². The molecule has 0 heterocycles. The molecule has 0 bridgehead atoms. The summed E-state index contributed by atoms with van der Waals surface area (Å²) >= 11 is 0. The smallest absolute Gasteiger partial charge is 0.339 e. The van der Waals surface area contributed by atoms with Crippen molar-refractivity contribution < 1.29 is 22.7 Å². The van der Waals surface area contributed by atoms with Gasteiger partial charge in [0.05, 0.1) is 10.5 Å². The first-order valence-corrected chi connectivity index (χ1v) is 10.4. The van der Waals surface area contributed by atoms with E-state index in [9.17, 15) is 18.0 Å². The fourth-order valence-corrected chi connectivity index (χ4v) is 3.09. The van der Waals surface area contributed by atoms with Crippen molar-refractivity contribution in [1.29, 1.82) is 0 Å². The second-order valence-corrected chi connectivity index (χ2v) is 8.34. The van der Waals surface area contributed by atoms with Gasteiger partial charge in [0.25, 0.3) is 5.91 Å². The average molecular weight is 389 g/mol. The normalized spacial score (nSPS) is 12.3. The molecule has 0 radical (unpaired) electrons. The molecule has 0 aliphatic rings. The Morgan fingerprint density at radius 2 is 1.78 bits per heavy atom. The van der Waals surface area contributed by atoms with Crippen LogP contribution in [0, 0.1) is 6.92 Å². The molecule has 144 valence electrons. The van der Waals surface area contributed by atoms with Crippen LogP contribution in [-0.4, -0.2) is 39.2 Å². The predicted molar refractivity (Wildman–Crippen MR) is 102 cm³/mol. The van der Waals surface area contributed by atoms with E-state index in [4.69, 9.17) is 4.74 Å².